The molecular formula is C21H23NO5. The molecular weight excluding hydrogens is 346 g/mol. The van der Waals surface area contributed by atoms with Crippen molar-refractivity contribution in [3.05, 3.63) is 59.7 Å². The number of ether oxygens (including phenoxy) is 2. The van der Waals surface area contributed by atoms with E-state index >= 15 is 0 Å². The Morgan fingerprint density at radius 3 is 2.59 bits per heavy atom. The van der Waals surface area contributed by atoms with E-state index in [2.05, 4.69) is 0 Å². The molecule has 1 aliphatic rings. The maximum atomic E-state index is 12.0. The van der Waals surface area contributed by atoms with Crippen LogP contribution >= 0.6 is 0 Å². The lowest BCUT2D eigenvalue weighted by Crippen LogP contribution is -2.28. The van der Waals surface area contributed by atoms with Crippen LogP contribution in [0.1, 0.15) is 17.5 Å². The summed E-state index contributed by atoms with van der Waals surface area (Å²) in [6, 6.07) is 15.6. The van der Waals surface area contributed by atoms with E-state index < -0.39 is 11.9 Å². The number of carboxylic acids is 1. The van der Waals surface area contributed by atoms with E-state index in [4.69, 9.17) is 14.6 Å². The van der Waals surface area contributed by atoms with Crippen LogP contribution < -0.4 is 9.47 Å². The first-order chi connectivity index (χ1) is 13.1. The molecule has 1 unspecified atom stereocenters. The number of carbonyl (C=O) groups is 2. The van der Waals surface area contributed by atoms with Gasteiger partial charge in [-0.1, -0.05) is 36.4 Å². The third-order valence-electron chi connectivity index (χ3n) is 4.70. The highest BCUT2D eigenvalue weighted by Crippen LogP contribution is 2.29. The molecule has 1 fully saturated rings. The predicted octanol–water partition coefficient (Wildman–Crippen LogP) is 2.75. The number of nitrogens with zero attached hydrogens (tertiary/aromatic N) is 1. The molecule has 1 saturated heterocycles. The second-order valence-corrected chi connectivity index (χ2v) is 6.59. The van der Waals surface area contributed by atoms with Gasteiger partial charge in [0, 0.05) is 19.5 Å². The number of benzene rings is 2. The number of amides is 1. The maximum Gasteiger partial charge on any atom is 0.308 e. The number of hydrogen-bond donors (Lipinski definition) is 1. The van der Waals surface area contributed by atoms with Crippen molar-refractivity contribution in [3.63, 3.8) is 0 Å². The van der Waals surface area contributed by atoms with E-state index in [-0.39, 0.29) is 18.9 Å². The van der Waals surface area contributed by atoms with Gasteiger partial charge in [-0.2, -0.15) is 0 Å². The Balaban J connectivity index is 1.62. The Morgan fingerprint density at radius 1 is 1.15 bits per heavy atom. The third-order valence-corrected chi connectivity index (χ3v) is 4.70. The standard InChI is InChI=1S/C21H23NO5/c1-26-18-8-7-15(9-10-22-13-17(21(24)25)12-20(22)23)11-19(18)27-14-16-5-3-2-4-6-16/h2-8,11,17H,9-10,12-14H2,1H3,(H,24,25). The molecule has 1 N–H and O–H groups in total. The minimum absolute atomic E-state index is 0.0867. The van der Waals surface area contributed by atoms with E-state index in [0.29, 0.717) is 31.1 Å². The number of carbonyl (C=O) groups excluding carboxylic acids is 1. The van der Waals surface area contributed by atoms with E-state index in [9.17, 15) is 9.59 Å². The minimum Gasteiger partial charge on any atom is -0.493 e. The molecule has 6 heteroatoms. The number of hydrogen-bond acceptors (Lipinski definition) is 4. The molecule has 0 saturated carbocycles. The summed E-state index contributed by atoms with van der Waals surface area (Å²) < 4.78 is 11.3. The van der Waals surface area contributed by atoms with Gasteiger partial charge in [0.05, 0.1) is 13.0 Å². The van der Waals surface area contributed by atoms with Gasteiger partial charge in [-0.3, -0.25) is 9.59 Å². The second kappa shape index (κ2) is 8.58. The van der Waals surface area contributed by atoms with Gasteiger partial charge in [0.25, 0.3) is 0 Å². The van der Waals surface area contributed by atoms with Crippen molar-refractivity contribution in [2.45, 2.75) is 19.4 Å². The molecule has 3 rings (SSSR count). The summed E-state index contributed by atoms with van der Waals surface area (Å²) in [6.45, 7) is 1.21. The predicted molar refractivity (Wildman–Crippen MR) is 99.8 cm³/mol. The zero-order valence-electron chi connectivity index (χ0n) is 15.3. The molecule has 2 aromatic rings. The highest BCUT2D eigenvalue weighted by molar-refractivity contribution is 5.86. The second-order valence-electron chi connectivity index (χ2n) is 6.59. The quantitative estimate of drug-likeness (QED) is 0.774. The average Bonchev–Trinajstić information content (AvgIpc) is 3.06. The van der Waals surface area contributed by atoms with Crippen LogP contribution in [0.25, 0.3) is 0 Å². The van der Waals surface area contributed by atoms with E-state index in [1.54, 1.807) is 12.0 Å². The molecule has 0 radical (unpaired) electrons. The summed E-state index contributed by atoms with van der Waals surface area (Å²) in [6.07, 6.45) is 0.715. The van der Waals surface area contributed by atoms with Gasteiger partial charge in [-0.15, -0.1) is 0 Å². The summed E-state index contributed by atoms with van der Waals surface area (Å²) in [5.41, 5.74) is 2.07. The molecule has 1 amide bonds. The van der Waals surface area contributed by atoms with Crippen molar-refractivity contribution in [1.82, 2.24) is 4.90 Å². The fourth-order valence-electron chi connectivity index (χ4n) is 3.14. The van der Waals surface area contributed by atoms with Crippen LogP contribution in [-0.4, -0.2) is 42.1 Å². The smallest absolute Gasteiger partial charge is 0.308 e. The summed E-state index contributed by atoms with van der Waals surface area (Å²) >= 11 is 0. The van der Waals surface area contributed by atoms with Gasteiger partial charge in [0.15, 0.2) is 11.5 Å². The average molecular weight is 369 g/mol. The van der Waals surface area contributed by atoms with Gasteiger partial charge >= 0.3 is 5.97 Å². The number of carboxylic acid groups (broad SMARTS) is 1. The van der Waals surface area contributed by atoms with Crippen molar-refractivity contribution in [2.24, 2.45) is 5.92 Å². The van der Waals surface area contributed by atoms with Gasteiger partial charge < -0.3 is 19.5 Å². The molecule has 6 nitrogen and oxygen atoms in total. The van der Waals surface area contributed by atoms with Gasteiger partial charge in [0.1, 0.15) is 6.61 Å². The third kappa shape index (κ3) is 4.78. The first-order valence-corrected chi connectivity index (χ1v) is 8.91. The molecule has 0 aliphatic carbocycles. The van der Waals surface area contributed by atoms with Crippen LogP contribution in [0.15, 0.2) is 48.5 Å². The van der Waals surface area contributed by atoms with E-state index in [0.717, 1.165) is 11.1 Å². The fraction of sp³-hybridized carbons (Fsp3) is 0.333. The summed E-state index contributed by atoms with van der Waals surface area (Å²) in [5.74, 6) is -0.311. The van der Waals surface area contributed by atoms with Crippen LogP contribution in [0.2, 0.25) is 0 Å². The molecule has 142 valence electrons. The molecule has 27 heavy (non-hydrogen) atoms. The van der Waals surface area contributed by atoms with Crippen molar-refractivity contribution < 1.29 is 24.2 Å². The lowest BCUT2D eigenvalue weighted by molar-refractivity contribution is -0.141. The maximum absolute atomic E-state index is 12.0. The largest absolute Gasteiger partial charge is 0.493 e. The van der Waals surface area contributed by atoms with E-state index in [1.165, 1.54) is 0 Å². The molecule has 2 aromatic carbocycles. The van der Waals surface area contributed by atoms with Gasteiger partial charge in [-0.25, -0.2) is 0 Å². The summed E-state index contributed by atoms with van der Waals surface area (Å²) in [7, 11) is 1.60. The Morgan fingerprint density at radius 2 is 1.93 bits per heavy atom. The zero-order valence-corrected chi connectivity index (χ0v) is 15.3. The van der Waals surface area contributed by atoms with Crippen molar-refractivity contribution >= 4 is 11.9 Å². The number of aliphatic carboxylic acids is 1. The molecule has 1 aliphatic heterocycles. The van der Waals surface area contributed by atoms with Gasteiger partial charge in [0.2, 0.25) is 5.91 Å². The molecule has 0 bridgehead atoms. The highest BCUT2D eigenvalue weighted by Gasteiger charge is 2.33. The first-order valence-electron chi connectivity index (χ1n) is 8.91. The minimum atomic E-state index is -0.910. The Hall–Kier alpha value is -3.02. The number of rotatable bonds is 8. The molecule has 1 atom stereocenters. The highest BCUT2D eigenvalue weighted by atomic mass is 16.5. The fourth-order valence-corrected chi connectivity index (χ4v) is 3.14. The topological polar surface area (TPSA) is 76.1 Å². The number of methoxy groups -OCH3 is 1. The van der Waals surface area contributed by atoms with Crippen LogP contribution in [0.3, 0.4) is 0 Å². The molecule has 0 aromatic heterocycles. The van der Waals surface area contributed by atoms with Gasteiger partial charge in [-0.05, 0) is 29.7 Å². The van der Waals surface area contributed by atoms with Crippen molar-refractivity contribution in [1.29, 1.82) is 0 Å². The lowest BCUT2D eigenvalue weighted by Gasteiger charge is -2.17. The van der Waals surface area contributed by atoms with Crippen LogP contribution in [0.4, 0.5) is 0 Å². The zero-order chi connectivity index (χ0) is 19.2. The molecule has 0 spiro atoms. The van der Waals surface area contributed by atoms with Crippen LogP contribution in [-0.2, 0) is 22.6 Å². The SMILES string of the molecule is COc1ccc(CCN2CC(C(=O)O)CC2=O)cc1OCc1ccccc1. The monoisotopic (exact) mass is 369 g/mol. The summed E-state index contributed by atoms with van der Waals surface area (Å²) in [5, 5.41) is 9.07. The Labute approximate surface area is 158 Å². The van der Waals surface area contributed by atoms with Crippen LogP contribution in [0.5, 0.6) is 11.5 Å². The van der Waals surface area contributed by atoms with Crippen molar-refractivity contribution in [2.75, 3.05) is 20.2 Å². The molecule has 1 heterocycles. The number of likely N-dealkylation sites (tertiary alicyclic amines) is 1. The van der Waals surface area contributed by atoms with E-state index in [1.807, 2.05) is 48.5 Å². The Bertz CT molecular complexity index is 805. The Kier molecular flexibility index (Phi) is 5.96. The normalized spacial score (nSPS) is 16.4. The summed E-state index contributed by atoms with van der Waals surface area (Å²) in [4.78, 5) is 24.6. The first kappa shape index (κ1) is 18.8. The lowest BCUT2D eigenvalue weighted by atomic mass is 10.1. The van der Waals surface area contributed by atoms with Crippen LogP contribution in [0, 0.1) is 5.92 Å². The van der Waals surface area contributed by atoms with Crippen molar-refractivity contribution in [3.8, 4) is 11.5 Å².